The number of alkyl carbamates (subject to hydrolysis) is 1. The molecular formula is C25H28Cl2N4O5S. The Kier molecular flexibility index (Phi) is 7.73. The van der Waals surface area contributed by atoms with Gasteiger partial charge in [-0.1, -0.05) is 34.5 Å². The van der Waals surface area contributed by atoms with Crippen molar-refractivity contribution in [3.05, 3.63) is 38.9 Å². The molecule has 2 heterocycles. The number of thiazole rings is 1. The topological polar surface area (TPSA) is 110 Å². The molecule has 0 radical (unpaired) electrons. The number of fused-ring (bicyclic) bond motifs is 1. The number of allylic oxidation sites excluding steroid dienone is 3. The van der Waals surface area contributed by atoms with Crippen LogP contribution in [0.15, 0.2) is 33.3 Å². The van der Waals surface area contributed by atoms with Crippen LogP contribution in [0.4, 0.5) is 15.6 Å². The maximum absolute atomic E-state index is 12.9. The van der Waals surface area contributed by atoms with E-state index in [-0.39, 0.29) is 17.0 Å². The van der Waals surface area contributed by atoms with Gasteiger partial charge in [0, 0.05) is 25.1 Å². The van der Waals surface area contributed by atoms with Crippen molar-refractivity contribution in [3.8, 4) is 0 Å². The van der Waals surface area contributed by atoms with E-state index in [0.717, 1.165) is 5.57 Å². The van der Waals surface area contributed by atoms with Gasteiger partial charge in [0.1, 0.15) is 11.1 Å². The zero-order valence-corrected chi connectivity index (χ0v) is 23.5. The third kappa shape index (κ3) is 6.02. The molecule has 1 aliphatic heterocycles. The summed E-state index contributed by atoms with van der Waals surface area (Å²) in [5, 5.41) is 6.72. The van der Waals surface area contributed by atoms with Crippen LogP contribution in [0.5, 0.6) is 0 Å². The van der Waals surface area contributed by atoms with Gasteiger partial charge in [0.25, 0.3) is 5.91 Å². The number of hydrogen-bond donors (Lipinski definition) is 2. The van der Waals surface area contributed by atoms with Crippen LogP contribution < -0.4 is 15.5 Å². The van der Waals surface area contributed by atoms with E-state index in [2.05, 4.69) is 15.6 Å². The molecule has 1 aliphatic carbocycles. The van der Waals surface area contributed by atoms with E-state index in [0.29, 0.717) is 63.1 Å². The molecule has 2 aromatic rings. The van der Waals surface area contributed by atoms with Gasteiger partial charge in [-0.25, -0.2) is 14.6 Å². The molecule has 0 bridgehead atoms. The molecular weight excluding hydrogens is 539 g/mol. The standard InChI is InChI=1S/C25H28Cl2N4O5S/c1-12-8-15(19(27)18(12)26)21(32)30-23-29-20-16(9-13(22(33)35-5)10-17(20)37-23)31-7-6-14(11-31)28-24(34)36-25(2,3)4/h9-10,14H,6-8,11H2,1-5H3,(H,28,34)(H,29,30,32)/t14-/m0/s1. The molecule has 4 rings (SSSR count). The van der Waals surface area contributed by atoms with Crippen LogP contribution in [0.1, 0.15) is 50.9 Å². The second-order valence-corrected chi connectivity index (χ2v) is 11.7. The third-order valence-electron chi connectivity index (χ3n) is 5.91. The molecule has 12 heteroatoms. The zero-order chi connectivity index (χ0) is 27.1. The first kappa shape index (κ1) is 27.2. The van der Waals surface area contributed by atoms with Gasteiger partial charge in [-0.2, -0.15) is 0 Å². The van der Waals surface area contributed by atoms with Gasteiger partial charge in [0.2, 0.25) is 0 Å². The average Bonchev–Trinajstić information content (AvgIpc) is 3.50. The third-order valence-corrected chi connectivity index (χ3v) is 7.86. The Morgan fingerprint density at radius 3 is 2.54 bits per heavy atom. The van der Waals surface area contributed by atoms with Crippen molar-refractivity contribution in [2.45, 2.75) is 52.2 Å². The SMILES string of the molecule is COC(=O)c1cc(N2CC[C@H](NC(=O)OC(C)(C)C)C2)c2nc(NC(=O)C3=C(Cl)C(Cl)=C(C)C3)sc2c1. The Hall–Kier alpha value is -2.82. The van der Waals surface area contributed by atoms with Crippen molar-refractivity contribution in [2.24, 2.45) is 0 Å². The maximum atomic E-state index is 12.9. The number of rotatable bonds is 5. The van der Waals surface area contributed by atoms with Gasteiger partial charge >= 0.3 is 12.1 Å². The van der Waals surface area contributed by atoms with Crippen LogP contribution in [-0.2, 0) is 14.3 Å². The molecule has 1 aromatic heterocycles. The first-order valence-corrected chi connectivity index (χ1v) is 13.3. The molecule has 1 fully saturated rings. The number of esters is 1. The highest BCUT2D eigenvalue weighted by Gasteiger charge is 2.30. The minimum atomic E-state index is -0.594. The summed E-state index contributed by atoms with van der Waals surface area (Å²) in [5.74, 6) is -0.861. The van der Waals surface area contributed by atoms with E-state index in [9.17, 15) is 14.4 Å². The molecule has 2 amide bonds. The minimum Gasteiger partial charge on any atom is -0.465 e. The number of amides is 2. The molecule has 0 unspecified atom stereocenters. The summed E-state index contributed by atoms with van der Waals surface area (Å²) in [6, 6.07) is 3.27. The van der Waals surface area contributed by atoms with Crippen LogP contribution in [0.25, 0.3) is 10.2 Å². The average molecular weight is 567 g/mol. The summed E-state index contributed by atoms with van der Waals surface area (Å²) in [4.78, 5) is 44.2. The van der Waals surface area contributed by atoms with Gasteiger partial charge in [-0.05, 0) is 51.8 Å². The Labute approximate surface area is 228 Å². The van der Waals surface area contributed by atoms with Crippen molar-refractivity contribution in [2.75, 3.05) is 30.4 Å². The number of nitrogens with one attached hydrogen (secondary N) is 2. The normalized spacial score (nSPS) is 18.0. The largest absolute Gasteiger partial charge is 0.465 e. The summed E-state index contributed by atoms with van der Waals surface area (Å²) in [5.41, 5.74) is 2.32. The molecule has 0 spiro atoms. The lowest BCUT2D eigenvalue weighted by Gasteiger charge is -2.23. The van der Waals surface area contributed by atoms with E-state index in [4.69, 9.17) is 32.7 Å². The number of anilines is 2. The maximum Gasteiger partial charge on any atom is 0.407 e. The van der Waals surface area contributed by atoms with Crippen molar-refractivity contribution in [1.82, 2.24) is 10.3 Å². The van der Waals surface area contributed by atoms with Gasteiger partial charge < -0.3 is 19.7 Å². The lowest BCUT2D eigenvalue weighted by Crippen LogP contribution is -2.40. The van der Waals surface area contributed by atoms with Crippen LogP contribution in [0, 0.1) is 0 Å². The predicted octanol–water partition coefficient (Wildman–Crippen LogP) is 5.53. The number of halogens is 2. The van der Waals surface area contributed by atoms with E-state index in [1.165, 1.54) is 18.4 Å². The number of benzene rings is 1. The van der Waals surface area contributed by atoms with E-state index in [1.807, 2.05) is 32.6 Å². The summed E-state index contributed by atoms with van der Waals surface area (Å²) in [7, 11) is 1.32. The van der Waals surface area contributed by atoms with E-state index >= 15 is 0 Å². The van der Waals surface area contributed by atoms with Crippen LogP contribution in [0.3, 0.4) is 0 Å². The molecule has 2 N–H and O–H groups in total. The monoisotopic (exact) mass is 566 g/mol. The van der Waals surface area contributed by atoms with Gasteiger partial charge in [0.15, 0.2) is 5.13 Å². The van der Waals surface area contributed by atoms with Crippen molar-refractivity contribution in [1.29, 1.82) is 0 Å². The van der Waals surface area contributed by atoms with Crippen molar-refractivity contribution in [3.63, 3.8) is 0 Å². The fourth-order valence-corrected chi connectivity index (χ4v) is 5.62. The summed E-state index contributed by atoms with van der Waals surface area (Å²) < 4.78 is 11.0. The smallest absolute Gasteiger partial charge is 0.407 e. The number of carbonyl (C=O) groups is 3. The second-order valence-electron chi connectivity index (χ2n) is 9.95. The van der Waals surface area contributed by atoms with Crippen LogP contribution >= 0.6 is 34.5 Å². The fraction of sp³-hybridized carbons (Fsp3) is 0.440. The molecule has 2 aliphatic rings. The second kappa shape index (κ2) is 10.5. The Morgan fingerprint density at radius 2 is 1.92 bits per heavy atom. The molecule has 1 atom stereocenters. The minimum absolute atomic E-state index is 0.138. The first-order valence-electron chi connectivity index (χ1n) is 11.7. The van der Waals surface area contributed by atoms with Crippen LogP contribution in [-0.4, -0.2) is 54.8 Å². The highest BCUT2D eigenvalue weighted by molar-refractivity contribution is 7.22. The number of carbonyl (C=O) groups excluding carboxylic acids is 3. The molecule has 1 saturated heterocycles. The Balaban J connectivity index is 1.59. The van der Waals surface area contributed by atoms with E-state index < -0.39 is 17.7 Å². The lowest BCUT2D eigenvalue weighted by molar-refractivity contribution is -0.112. The highest BCUT2D eigenvalue weighted by Crippen LogP contribution is 2.39. The summed E-state index contributed by atoms with van der Waals surface area (Å²) in [6.07, 6.45) is 0.582. The molecule has 0 saturated carbocycles. The number of aromatic nitrogens is 1. The zero-order valence-electron chi connectivity index (χ0n) is 21.2. The molecule has 37 heavy (non-hydrogen) atoms. The van der Waals surface area contributed by atoms with Crippen molar-refractivity contribution >= 4 is 73.5 Å². The van der Waals surface area contributed by atoms with E-state index in [1.54, 1.807) is 12.1 Å². The number of ether oxygens (including phenoxy) is 2. The predicted molar refractivity (Wildman–Crippen MR) is 146 cm³/mol. The quantitative estimate of drug-likeness (QED) is 0.457. The summed E-state index contributed by atoms with van der Waals surface area (Å²) in [6.45, 7) is 8.39. The Morgan fingerprint density at radius 1 is 1.19 bits per heavy atom. The number of hydrogen-bond acceptors (Lipinski definition) is 8. The van der Waals surface area contributed by atoms with Crippen molar-refractivity contribution < 1.29 is 23.9 Å². The number of nitrogens with zero attached hydrogens (tertiary/aromatic N) is 2. The highest BCUT2D eigenvalue weighted by atomic mass is 35.5. The van der Waals surface area contributed by atoms with Gasteiger partial charge in [0.05, 0.1) is 39.2 Å². The molecule has 9 nitrogen and oxygen atoms in total. The fourth-order valence-electron chi connectivity index (χ4n) is 4.21. The summed E-state index contributed by atoms with van der Waals surface area (Å²) >= 11 is 13.6. The van der Waals surface area contributed by atoms with Crippen LogP contribution in [0.2, 0.25) is 0 Å². The number of methoxy groups -OCH3 is 1. The lowest BCUT2D eigenvalue weighted by atomic mass is 10.1. The molecule has 198 valence electrons. The van der Waals surface area contributed by atoms with Gasteiger partial charge in [-0.15, -0.1) is 0 Å². The van der Waals surface area contributed by atoms with Gasteiger partial charge in [-0.3, -0.25) is 10.1 Å². The first-order chi connectivity index (χ1) is 17.4. The Bertz CT molecular complexity index is 1340. The molecule has 1 aromatic carbocycles.